The van der Waals surface area contributed by atoms with E-state index < -0.39 is 0 Å². The van der Waals surface area contributed by atoms with Crippen LogP contribution in [0.5, 0.6) is 0 Å². The SMILES string of the molecule is CCC1CCCC(N(CC)C2CCCCC2CN)C1. The molecule has 0 aliphatic heterocycles. The predicted octanol–water partition coefficient (Wildman–Crippen LogP) is 3.79. The molecule has 0 saturated heterocycles. The third-order valence-corrected chi connectivity index (χ3v) is 5.76. The van der Waals surface area contributed by atoms with E-state index in [2.05, 4.69) is 18.7 Å². The molecule has 19 heavy (non-hydrogen) atoms. The third-order valence-electron chi connectivity index (χ3n) is 5.76. The highest BCUT2D eigenvalue weighted by Crippen LogP contribution is 2.35. The topological polar surface area (TPSA) is 29.3 Å². The quantitative estimate of drug-likeness (QED) is 0.820. The largest absolute Gasteiger partial charge is 0.330 e. The molecule has 0 spiro atoms. The maximum atomic E-state index is 6.04. The van der Waals surface area contributed by atoms with Crippen molar-refractivity contribution in [1.82, 2.24) is 4.90 Å². The first-order valence-corrected chi connectivity index (χ1v) is 8.75. The van der Waals surface area contributed by atoms with Crippen LogP contribution in [0.2, 0.25) is 0 Å². The first kappa shape index (κ1) is 15.3. The smallest absolute Gasteiger partial charge is 0.0138 e. The monoisotopic (exact) mass is 266 g/mol. The Kier molecular flexibility index (Phi) is 6.15. The van der Waals surface area contributed by atoms with Crippen LogP contribution in [0.1, 0.15) is 71.6 Å². The lowest BCUT2D eigenvalue weighted by atomic mass is 9.79. The van der Waals surface area contributed by atoms with E-state index in [1.165, 1.54) is 64.3 Å². The molecule has 0 heterocycles. The van der Waals surface area contributed by atoms with Crippen molar-refractivity contribution in [2.45, 2.75) is 83.7 Å². The maximum Gasteiger partial charge on any atom is 0.0138 e. The van der Waals surface area contributed by atoms with Gasteiger partial charge in [0.2, 0.25) is 0 Å². The zero-order chi connectivity index (χ0) is 13.7. The summed E-state index contributed by atoms with van der Waals surface area (Å²) in [5, 5.41) is 0. The summed E-state index contributed by atoms with van der Waals surface area (Å²) < 4.78 is 0. The molecule has 0 aromatic rings. The summed E-state index contributed by atoms with van der Waals surface area (Å²) in [5.41, 5.74) is 6.04. The second-order valence-corrected chi connectivity index (χ2v) is 6.77. The number of rotatable bonds is 5. The number of hydrogen-bond acceptors (Lipinski definition) is 2. The van der Waals surface area contributed by atoms with Crippen molar-refractivity contribution in [2.75, 3.05) is 13.1 Å². The van der Waals surface area contributed by atoms with Crippen molar-refractivity contribution in [3.8, 4) is 0 Å². The highest BCUT2D eigenvalue weighted by molar-refractivity contribution is 4.89. The molecule has 2 fully saturated rings. The van der Waals surface area contributed by atoms with E-state index >= 15 is 0 Å². The fourth-order valence-electron chi connectivity index (χ4n) is 4.60. The van der Waals surface area contributed by atoms with E-state index in [1.807, 2.05) is 0 Å². The molecule has 2 saturated carbocycles. The van der Waals surface area contributed by atoms with Gasteiger partial charge in [0.25, 0.3) is 0 Å². The van der Waals surface area contributed by atoms with Crippen LogP contribution in [-0.4, -0.2) is 30.1 Å². The van der Waals surface area contributed by atoms with Gasteiger partial charge >= 0.3 is 0 Å². The Morgan fingerprint density at radius 2 is 1.79 bits per heavy atom. The molecule has 2 N–H and O–H groups in total. The van der Waals surface area contributed by atoms with Crippen molar-refractivity contribution in [3.63, 3.8) is 0 Å². The van der Waals surface area contributed by atoms with Crippen molar-refractivity contribution < 1.29 is 0 Å². The molecule has 0 amide bonds. The molecule has 2 rings (SSSR count). The number of hydrogen-bond donors (Lipinski definition) is 1. The third kappa shape index (κ3) is 3.72. The Bertz CT molecular complexity index is 254. The van der Waals surface area contributed by atoms with Crippen LogP contribution in [0.15, 0.2) is 0 Å². The maximum absolute atomic E-state index is 6.04. The molecular formula is C17H34N2. The van der Waals surface area contributed by atoms with Crippen LogP contribution in [0, 0.1) is 11.8 Å². The van der Waals surface area contributed by atoms with E-state index in [9.17, 15) is 0 Å². The summed E-state index contributed by atoms with van der Waals surface area (Å²) in [6.45, 7) is 6.84. The Morgan fingerprint density at radius 3 is 2.47 bits per heavy atom. The first-order valence-electron chi connectivity index (χ1n) is 8.75. The van der Waals surface area contributed by atoms with Crippen molar-refractivity contribution >= 4 is 0 Å². The van der Waals surface area contributed by atoms with Crippen LogP contribution in [0.4, 0.5) is 0 Å². The second kappa shape index (κ2) is 7.64. The van der Waals surface area contributed by atoms with Crippen LogP contribution in [0.25, 0.3) is 0 Å². The number of nitrogens with two attached hydrogens (primary N) is 1. The van der Waals surface area contributed by atoms with Gasteiger partial charge in [-0.25, -0.2) is 0 Å². The average Bonchev–Trinajstić information content (AvgIpc) is 2.49. The minimum Gasteiger partial charge on any atom is -0.330 e. The summed E-state index contributed by atoms with van der Waals surface area (Å²) in [4.78, 5) is 2.85. The Hall–Kier alpha value is -0.0800. The second-order valence-electron chi connectivity index (χ2n) is 6.77. The Morgan fingerprint density at radius 1 is 1.00 bits per heavy atom. The van der Waals surface area contributed by atoms with Gasteiger partial charge in [0.15, 0.2) is 0 Å². The van der Waals surface area contributed by atoms with E-state index in [0.717, 1.165) is 30.5 Å². The van der Waals surface area contributed by atoms with Gasteiger partial charge in [0.1, 0.15) is 0 Å². The summed E-state index contributed by atoms with van der Waals surface area (Å²) in [7, 11) is 0. The molecule has 4 unspecified atom stereocenters. The lowest BCUT2D eigenvalue weighted by molar-refractivity contribution is 0.0416. The zero-order valence-electron chi connectivity index (χ0n) is 13.1. The Labute approximate surface area is 120 Å². The minimum absolute atomic E-state index is 0.760. The van der Waals surface area contributed by atoms with Gasteiger partial charge in [-0.2, -0.15) is 0 Å². The van der Waals surface area contributed by atoms with Gasteiger partial charge in [0, 0.05) is 12.1 Å². The Balaban J connectivity index is 2.00. The van der Waals surface area contributed by atoms with Gasteiger partial charge < -0.3 is 5.73 Å². The van der Waals surface area contributed by atoms with E-state index in [-0.39, 0.29) is 0 Å². The van der Waals surface area contributed by atoms with Gasteiger partial charge in [-0.1, -0.05) is 46.0 Å². The van der Waals surface area contributed by atoms with Crippen LogP contribution >= 0.6 is 0 Å². The highest BCUT2D eigenvalue weighted by atomic mass is 15.2. The van der Waals surface area contributed by atoms with E-state index in [4.69, 9.17) is 5.73 Å². The summed E-state index contributed by atoms with van der Waals surface area (Å²) in [5.74, 6) is 1.74. The van der Waals surface area contributed by atoms with Gasteiger partial charge in [0.05, 0.1) is 0 Å². The van der Waals surface area contributed by atoms with Crippen molar-refractivity contribution in [3.05, 3.63) is 0 Å². The van der Waals surface area contributed by atoms with E-state index in [1.54, 1.807) is 0 Å². The summed E-state index contributed by atoms with van der Waals surface area (Å²) in [6, 6.07) is 1.63. The van der Waals surface area contributed by atoms with E-state index in [0.29, 0.717) is 0 Å². The molecule has 4 atom stereocenters. The van der Waals surface area contributed by atoms with Crippen LogP contribution in [0.3, 0.4) is 0 Å². The molecule has 2 heteroatoms. The fraction of sp³-hybridized carbons (Fsp3) is 1.00. The van der Waals surface area contributed by atoms with Gasteiger partial charge in [-0.05, 0) is 50.6 Å². The zero-order valence-corrected chi connectivity index (χ0v) is 13.1. The normalized spacial score (nSPS) is 36.6. The molecule has 0 aromatic carbocycles. The van der Waals surface area contributed by atoms with Gasteiger partial charge in [-0.3, -0.25) is 4.90 Å². The fourth-order valence-corrected chi connectivity index (χ4v) is 4.60. The minimum atomic E-state index is 0.760. The number of nitrogens with zero attached hydrogens (tertiary/aromatic N) is 1. The van der Waals surface area contributed by atoms with Crippen molar-refractivity contribution in [1.29, 1.82) is 0 Å². The molecule has 2 nitrogen and oxygen atoms in total. The predicted molar refractivity (Wildman–Crippen MR) is 83.2 cm³/mol. The molecule has 112 valence electrons. The first-order chi connectivity index (χ1) is 9.30. The van der Waals surface area contributed by atoms with Crippen LogP contribution in [-0.2, 0) is 0 Å². The molecule has 0 bridgehead atoms. The standard InChI is InChI=1S/C17H34N2/c1-3-14-8-7-10-16(12-14)19(4-2)17-11-6-5-9-15(17)13-18/h14-17H,3-13,18H2,1-2H3. The van der Waals surface area contributed by atoms with Crippen molar-refractivity contribution in [2.24, 2.45) is 17.6 Å². The lowest BCUT2D eigenvalue weighted by Crippen LogP contribution is -2.51. The average molecular weight is 266 g/mol. The lowest BCUT2D eigenvalue weighted by Gasteiger charge is -2.46. The molecule has 0 aromatic heterocycles. The highest BCUT2D eigenvalue weighted by Gasteiger charge is 2.34. The molecule has 0 radical (unpaired) electrons. The molecular weight excluding hydrogens is 232 g/mol. The summed E-state index contributed by atoms with van der Waals surface area (Å²) >= 11 is 0. The summed E-state index contributed by atoms with van der Waals surface area (Å²) in [6.07, 6.45) is 12.7. The van der Waals surface area contributed by atoms with Gasteiger partial charge in [-0.15, -0.1) is 0 Å². The molecule has 2 aliphatic carbocycles. The van der Waals surface area contributed by atoms with Crippen LogP contribution < -0.4 is 5.73 Å². The molecule has 2 aliphatic rings.